The van der Waals surface area contributed by atoms with Gasteiger partial charge in [-0.25, -0.2) is 0 Å². The van der Waals surface area contributed by atoms with Crippen LogP contribution in [0, 0.1) is 29.6 Å². The molecule has 0 bridgehead atoms. The molecule has 0 spiro atoms. The largest absolute Gasteiger partial charge is 0.454 e. The summed E-state index contributed by atoms with van der Waals surface area (Å²) in [4.78, 5) is 12.1. The average Bonchev–Trinajstić information content (AvgIpc) is 3.37. The molecule has 5 atom stereocenters. The van der Waals surface area contributed by atoms with E-state index < -0.39 is 5.60 Å². The number of hydrogen-bond donors (Lipinski definition) is 1. The summed E-state index contributed by atoms with van der Waals surface area (Å²) in [5.41, 5.74) is 4.55. The van der Waals surface area contributed by atoms with Gasteiger partial charge < -0.3 is 14.6 Å². The lowest BCUT2D eigenvalue weighted by molar-refractivity contribution is -0.114. The van der Waals surface area contributed by atoms with Gasteiger partial charge in [-0.05, 0) is 92.2 Å². The van der Waals surface area contributed by atoms with Gasteiger partial charge in [0.2, 0.25) is 6.79 Å². The van der Waals surface area contributed by atoms with Gasteiger partial charge >= 0.3 is 0 Å². The molecule has 31 heavy (non-hydrogen) atoms. The lowest BCUT2D eigenvalue weighted by Crippen LogP contribution is -2.42. The maximum Gasteiger partial charge on any atom is 0.231 e. The number of ketones is 1. The molecule has 4 aliphatic carbocycles. The van der Waals surface area contributed by atoms with E-state index >= 15 is 0 Å². The summed E-state index contributed by atoms with van der Waals surface area (Å²) in [5, 5.41) is 11.5. The number of carbonyl (C=O) groups excluding carboxylic acids is 1. The molecular formula is C27H28O4. The molecular weight excluding hydrogens is 388 g/mol. The summed E-state index contributed by atoms with van der Waals surface area (Å²) in [5.74, 6) is 9.38. The van der Waals surface area contributed by atoms with Crippen LogP contribution in [0.25, 0.3) is 0 Å². The summed E-state index contributed by atoms with van der Waals surface area (Å²) in [6.07, 6.45) is 8.10. The van der Waals surface area contributed by atoms with E-state index in [1.165, 1.54) is 22.3 Å². The molecule has 1 N–H and O–H groups in total. The van der Waals surface area contributed by atoms with Crippen LogP contribution in [0.1, 0.15) is 63.4 Å². The van der Waals surface area contributed by atoms with Crippen LogP contribution in [0.3, 0.4) is 0 Å². The summed E-state index contributed by atoms with van der Waals surface area (Å²) in [6, 6.07) is 6.30. The van der Waals surface area contributed by atoms with E-state index in [2.05, 4.69) is 24.0 Å². The fourth-order valence-electron chi connectivity index (χ4n) is 7.10. The molecule has 1 aromatic rings. The smallest absolute Gasteiger partial charge is 0.231 e. The van der Waals surface area contributed by atoms with Gasteiger partial charge in [-0.1, -0.05) is 17.6 Å². The molecule has 4 nitrogen and oxygen atoms in total. The zero-order valence-corrected chi connectivity index (χ0v) is 17.9. The molecule has 0 aromatic heterocycles. The van der Waals surface area contributed by atoms with Crippen LogP contribution < -0.4 is 9.47 Å². The Labute approximate surface area is 183 Å². The van der Waals surface area contributed by atoms with E-state index in [1.807, 2.05) is 19.1 Å². The third-order valence-electron chi connectivity index (χ3n) is 8.33. The highest BCUT2D eigenvalue weighted by Gasteiger charge is 2.55. The molecule has 160 valence electrons. The summed E-state index contributed by atoms with van der Waals surface area (Å²) >= 11 is 0. The minimum absolute atomic E-state index is 0.181. The number of allylic oxidation sites excluding steroid dienone is 4. The number of fused-ring (bicyclic) bond motifs is 5. The van der Waals surface area contributed by atoms with Gasteiger partial charge in [-0.2, -0.15) is 0 Å². The first-order valence-corrected chi connectivity index (χ1v) is 11.6. The third kappa shape index (κ3) is 2.90. The zero-order chi connectivity index (χ0) is 21.2. The molecule has 0 radical (unpaired) electrons. The summed E-state index contributed by atoms with van der Waals surface area (Å²) in [6.45, 7) is 2.10. The average molecular weight is 417 g/mol. The number of ether oxygens (including phenoxy) is 2. The number of benzene rings is 1. The van der Waals surface area contributed by atoms with Crippen LogP contribution in [-0.2, 0) is 4.79 Å². The van der Waals surface area contributed by atoms with Gasteiger partial charge in [0.05, 0.1) is 0 Å². The Hall–Kier alpha value is -2.51. The monoisotopic (exact) mass is 416 g/mol. The van der Waals surface area contributed by atoms with Crippen LogP contribution >= 0.6 is 0 Å². The van der Waals surface area contributed by atoms with E-state index in [4.69, 9.17) is 9.47 Å². The van der Waals surface area contributed by atoms with Gasteiger partial charge in [0.15, 0.2) is 17.3 Å². The van der Waals surface area contributed by atoms with Crippen molar-refractivity contribution < 1.29 is 19.4 Å². The molecule has 0 amide bonds. The first-order valence-electron chi connectivity index (χ1n) is 11.6. The van der Waals surface area contributed by atoms with Crippen molar-refractivity contribution in [2.45, 2.75) is 63.4 Å². The fourth-order valence-corrected chi connectivity index (χ4v) is 7.10. The topological polar surface area (TPSA) is 55.8 Å². The molecule has 1 aromatic carbocycles. The van der Waals surface area contributed by atoms with E-state index in [1.54, 1.807) is 0 Å². The Morgan fingerprint density at radius 1 is 1.13 bits per heavy atom. The lowest BCUT2D eigenvalue weighted by atomic mass is 9.57. The van der Waals surface area contributed by atoms with Crippen molar-refractivity contribution in [2.75, 3.05) is 6.79 Å². The van der Waals surface area contributed by atoms with Crippen molar-refractivity contribution in [1.29, 1.82) is 0 Å². The van der Waals surface area contributed by atoms with Gasteiger partial charge in [-0.15, -0.1) is 5.92 Å². The van der Waals surface area contributed by atoms with E-state index in [-0.39, 0.29) is 24.4 Å². The number of hydrogen-bond acceptors (Lipinski definition) is 4. The number of aliphatic hydroxyl groups is 1. The molecule has 2 unspecified atom stereocenters. The van der Waals surface area contributed by atoms with Crippen LogP contribution in [0.2, 0.25) is 0 Å². The van der Waals surface area contributed by atoms with Crippen LogP contribution in [-0.4, -0.2) is 23.3 Å². The number of rotatable bonds is 1. The van der Waals surface area contributed by atoms with E-state index in [0.717, 1.165) is 50.0 Å². The molecule has 0 saturated heterocycles. The lowest BCUT2D eigenvalue weighted by Gasteiger charge is -2.48. The second-order valence-electron chi connectivity index (χ2n) is 9.72. The second-order valence-corrected chi connectivity index (χ2v) is 9.72. The van der Waals surface area contributed by atoms with Crippen LogP contribution in [0.5, 0.6) is 11.5 Å². The summed E-state index contributed by atoms with van der Waals surface area (Å²) < 4.78 is 11.2. The maximum atomic E-state index is 12.1. The van der Waals surface area contributed by atoms with E-state index in [0.29, 0.717) is 18.3 Å². The Kier molecular flexibility index (Phi) is 4.34. The van der Waals surface area contributed by atoms with Gasteiger partial charge in [-0.3, -0.25) is 4.79 Å². The van der Waals surface area contributed by atoms with Crippen molar-refractivity contribution >= 4 is 5.78 Å². The molecule has 1 heterocycles. The minimum atomic E-state index is -0.886. The van der Waals surface area contributed by atoms with Crippen molar-refractivity contribution in [3.05, 3.63) is 46.6 Å². The van der Waals surface area contributed by atoms with Crippen molar-refractivity contribution in [2.24, 2.45) is 17.8 Å². The van der Waals surface area contributed by atoms with Gasteiger partial charge in [0.1, 0.15) is 5.60 Å². The molecule has 5 aliphatic rings. The Bertz CT molecular complexity index is 1080. The molecule has 2 fully saturated rings. The van der Waals surface area contributed by atoms with Crippen molar-refractivity contribution in [1.82, 2.24) is 0 Å². The molecule has 4 heteroatoms. The minimum Gasteiger partial charge on any atom is -0.454 e. The van der Waals surface area contributed by atoms with E-state index in [9.17, 15) is 9.90 Å². The summed E-state index contributed by atoms with van der Waals surface area (Å²) in [7, 11) is 0. The van der Waals surface area contributed by atoms with Crippen molar-refractivity contribution in [3.63, 3.8) is 0 Å². The first kappa shape index (κ1) is 19.2. The highest BCUT2D eigenvalue weighted by molar-refractivity contribution is 5.93. The van der Waals surface area contributed by atoms with Crippen molar-refractivity contribution in [3.8, 4) is 23.3 Å². The highest BCUT2D eigenvalue weighted by atomic mass is 16.7. The molecule has 2 saturated carbocycles. The highest BCUT2D eigenvalue weighted by Crippen LogP contribution is 2.61. The predicted molar refractivity (Wildman–Crippen MR) is 117 cm³/mol. The first-order chi connectivity index (χ1) is 15.1. The Morgan fingerprint density at radius 2 is 2.00 bits per heavy atom. The molecule has 1 aliphatic heterocycles. The standard InChI is InChI=1S/C27H28O4/c1-2-10-27(29)11-9-20-21-6-3-16-12-18(28)5-7-19(16)26(21)22(14-23(20)27)17-4-8-24-25(13-17)31-15-30-24/h4,8,12-13,20-23,29H,3,5-7,9,11,14-15H2,1H3/t20?,21-,22+,23?,27-/m0/s1. The fraction of sp³-hybridized carbons (Fsp3) is 0.519. The predicted octanol–water partition coefficient (Wildman–Crippen LogP) is 4.68. The third-order valence-corrected chi connectivity index (χ3v) is 8.33. The normalized spacial score (nSPS) is 35.5. The van der Waals surface area contributed by atoms with Crippen LogP contribution in [0.4, 0.5) is 0 Å². The van der Waals surface area contributed by atoms with Gasteiger partial charge in [0, 0.05) is 18.3 Å². The second kappa shape index (κ2) is 7.00. The zero-order valence-electron chi connectivity index (χ0n) is 17.9. The quantitative estimate of drug-likeness (QED) is 0.676. The Balaban J connectivity index is 1.50. The van der Waals surface area contributed by atoms with Crippen LogP contribution in [0.15, 0.2) is 41.0 Å². The SMILES string of the molecule is CC#C[C@]1(O)CCC2C1C[C@H](c1ccc3c(c1)OCO3)C1=C3CCC(=O)C=C3CC[C@H]12. The van der Waals surface area contributed by atoms with Gasteiger partial charge in [0.25, 0.3) is 0 Å². The maximum absolute atomic E-state index is 12.1. The Morgan fingerprint density at radius 3 is 2.87 bits per heavy atom. The molecule has 6 rings (SSSR count). The number of carbonyl (C=O) groups is 1.